The van der Waals surface area contributed by atoms with Gasteiger partial charge in [0.05, 0.1) is 23.5 Å². The zero-order chi connectivity index (χ0) is 29.1. The first-order valence-corrected chi connectivity index (χ1v) is 13.5. The zero-order valence-electron chi connectivity index (χ0n) is 22.8. The Hall–Kier alpha value is -5.44. The molecule has 5 aromatic rings. The minimum Gasteiger partial charge on any atom is -0.368 e. The van der Waals surface area contributed by atoms with E-state index < -0.39 is 0 Å². The molecule has 2 N–H and O–H groups in total. The number of halogens is 1. The number of aromatic nitrogens is 3. The van der Waals surface area contributed by atoms with Crippen molar-refractivity contribution in [3.8, 4) is 11.3 Å². The van der Waals surface area contributed by atoms with Gasteiger partial charge in [-0.1, -0.05) is 54.6 Å². The van der Waals surface area contributed by atoms with Gasteiger partial charge in [-0.25, -0.2) is 9.37 Å². The number of amides is 2. The van der Waals surface area contributed by atoms with E-state index in [1.807, 2.05) is 48.5 Å². The van der Waals surface area contributed by atoms with Crippen LogP contribution in [0.3, 0.4) is 0 Å². The van der Waals surface area contributed by atoms with Gasteiger partial charge in [-0.2, -0.15) is 0 Å². The maximum Gasteiger partial charge on any atom is 0.253 e. The second-order valence-electron chi connectivity index (χ2n) is 9.56. The molecule has 0 bridgehead atoms. The van der Waals surface area contributed by atoms with Crippen LogP contribution in [0, 0.1) is 5.82 Å². The van der Waals surface area contributed by atoms with E-state index in [1.54, 1.807) is 49.1 Å². The predicted molar refractivity (Wildman–Crippen MR) is 160 cm³/mol. The number of nitrogens with one attached hydrogen (secondary N) is 2. The molecule has 0 saturated carbocycles. The molecule has 5 rings (SSSR count). The number of hydrogen-bond acceptors (Lipinski definition) is 6. The summed E-state index contributed by atoms with van der Waals surface area (Å²) in [5.74, 6) is -0.224. The molecule has 0 spiro atoms. The second-order valence-corrected chi connectivity index (χ2v) is 9.56. The Morgan fingerprint density at radius 2 is 1.60 bits per heavy atom. The van der Waals surface area contributed by atoms with Crippen molar-refractivity contribution >= 4 is 23.8 Å². The lowest BCUT2D eigenvalue weighted by Gasteiger charge is -2.23. The molecular formula is C33H29FN6O2. The summed E-state index contributed by atoms with van der Waals surface area (Å²) in [6.07, 6.45) is 7.94. The fourth-order valence-electron chi connectivity index (χ4n) is 4.51. The summed E-state index contributed by atoms with van der Waals surface area (Å²) in [7, 11) is 0. The van der Waals surface area contributed by atoms with Gasteiger partial charge in [0.25, 0.3) is 5.91 Å². The van der Waals surface area contributed by atoms with Crippen LogP contribution in [0.1, 0.15) is 27.0 Å². The number of benzene rings is 2. The lowest BCUT2D eigenvalue weighted by molar-refractivity contribution is -0.107. The van der Waals surface area contributed by atoms with Crippen molar-refractivity contribution in [1.82, 2.24) is 20.3 Å². The van der Waals surface area contributed by atoms with Gasteiger partial charge in [-0.05, 0) is 53.4 Å². The molecule has 42 heavy (non-hydrogen) atoms. The SMILES string of the molecule is O=CN(Cc1cccnc1)c1cc(C(=O)NCc2cccnc2)c(-c2ccccc2)nc1NCCc1cccc(F)c1. The molecule has 0 radical (unpaired) electrons. The van der Waals surface area contributed by atoms with E-state index in [1.165, 1.54) is 17.0 Å². The highest BCUT2D eigenvalue weighted by Gasteiger charge is 2.22. The van der Waals surface area contributed by atoms with Crippen molar-refractivity contribution in [2.75, 3.05) is 16.8 Å². The molecule has 2 amide bonds. The largest absolute Gasteiger partial charge is 0.368 e. The number of anilines is 2. The normalized spacial score (nSPS) is 10.6. The summed E-state index contributed by atoms with van der Waals surface area (Å²) < 4.78 is 13.7. The van der Waals surface area contributed by atoms with Crippen LogP contribution in [0.25, 0.3) is 11.3 Å². The van der Waals surface area contributed by atoms with Crippen LogP contribution in [-0.4, -0.2) is 33.8 Å². The second kappa shape index (κ2) is 13.8. The van der Waals surface area contributed by atoms with Gasteiger partial charge >= 0.3 is 0 Å². The number of pyridine rings is 3. The third-order valence-corrected chi connectivity index (χ3v) is 6.58. The summed E-state index contributed by atoms with van der Waals surface area (Å²) in [5, 5.41) is 6.28. The van der Waals surface area contributed by atoms with Gasteiger partial charge in [0.2, 0.25) is 6.41 Å². The number of nitrogens with zero attached hydrogens (tertiary/aromatic N) is 4. The standard InChI is InChI=1S/C33H29FN6O2/c34-28-12-4-7-24(17-28)13-16-37-32-30(40(23-41)22-26-9-6-15-36-20-26)18-29(31(39-32)27-10-2-1-3-11-27)33(42)38-21-25-8-5-14-35-19-25/h1-12,14-15,17-20,23H,13,16,21-22H2,(H,37,39)(H,38,42). The molecule has 2 aromatic carbocycles. The van der Waals surface area contributed by atoms with E-state index in [9.17, 15) is 14.0 Å². The Balaban J connectivity index is 1.53. The van der Waals surface area contributed by atoms with Gasteiger partial charge in [0.15, 0.2) is 5.82 Å². The lowest BCUT2D eigenvalue weighted by atomic mass is 10.0. The molecule has 8 nitrogen and oxygen atoms in total. The third-order valence-electron chi connectivity index (χ3n) is 6.58. The molecule has 0 aliphatic carbocycles. The number of carbonyl (C=O) groups is 2. The molecular weight excluding hydrogens is 531 g/mol. The Labute approximate surface area is 243 Å². The van der Waals surface area contributed by atoms with Crippen molar-refractivity contribution in [2.45, 2.75) is 19.5 Å². The van der Waals surface area contributed by atoms with Crippen molar-refractivity contribution in [2.24, 2.45) is 0 Å². The Kier molecular flexibility index (Phi) is 9.21. The van der Waals surface area contributed by atoms with E-state index in [0.29, 0.717) is 42.1 Å². The highest BCUT2D eigenvalue weighted by atomic mass is 19.1. The average molecular weight is 561 g/mol. The van der Waals surface area contributed by atoms with Gasteiger partial charge in [0.1, 0.15) is 5.82 Å². The summed E-state index contributed by atoms with van der Waals surface area (Å²) in [6.45, 7) is 0.916. The quantitative estimate of drug-likeness (QED) is 0.198. The van der Waals surface area contributed by atoms with Crippen molar-refractivity contribution in [3.63, 3.8) is 0 Å². The summed E-state index contributed by atoms with van der Waals surface area (Å²) in [6, 6.07) is 24.8. The molecule has 3 aromatic heterocycles. The van der Waals surface area contributed by atoms with Gasteiger partial charge in [0, 0.05) is 43.4 Å². The van der Waals surface area contributed by atoms with Crippen LogP contribution >= 0.6 is 0 Å². The minimum atomic E-state index is -0.343. The molecule has 0 fully saturated rings. The van der Waals surface area contributed by atoms with Crippen LogP contribution < -0.4 is 15.5 Å². The van der Waals surface area contributed by atoms with E-state index in [2.05, 4.69) is 20.6 Å². The zero-order valence-corrected chi connectivity index (χ0v) is 22.8. The monoisotopic (exact) mass is 560 g/mol. The van der Waals surface area contributed by atoms with Crippen molar-refractivity contribution in [1.29, 1.82) is 0 Å². The molecule has 0 aliphatic rings. The first-order valence-electron chi connectivity index (χ1n) is 13.5. The van der Waals surface area contributed by atoms with Crippen LogP contribution in [0.2, 0.25) is 0 Å². The van der Waals surface area contributed by atoms with Gasteiger partial charge in [-0.15, -0.1) is 0 Å². The molecule has 3 heterocycles. The maximum atomic E-state index is 13.7. The number of hydrogen-bond donors (Lipinski definition) is 2. The first-order chi connectivity index (χ1) is 20.6. The first kappa shape index (κ1) is 28.1. The summed E-state index contributed by atoms with van der Waals surface area (Å²) >= 11 is 0. The van der Waals surface area contributed by atoms with E-state index in [0.717, 1.165) is 22.3 Å². The van der Waals surface area contributed by atoms with Gasteiger partial charge < -0.3 is 15.5 Å². The van der Waals surface area contributed by atoms with Crippen LogP contribution in [0.4, 0.5) is 15.9 Å². The number of carbonyl (C=O) groups excluding carboxylic acids is 2. The lowest BCUT2D eigenvalue weighted by Crippen LogP contribution is -2.27. The molecule has 0 atom stereocenters. The smallest absolute Gasteiger partial charge is 0.253 e. The van der Waals surface area contributed by atoms with Gasteiger partial charge in [-0.3, -0.25) is 19.6 Å². The van der Waals surface area contributed by atoms with E-state index >= 15 is 0 Å². The van der Waals surface area contributed by atoms with E-state index in [4.69, 9.17) is 4.98 Å². The van der Waals surface area contributed by atoms with Crippen LogP contribution in [0.5, 0.6) is 0 Å². The van der Waals surface area contributed by atoms with Crippen LogP contribution in [0.15, 0.2) is 110 Å². The molecule has 210 valence electrons. The molecule has 0 aliphatic heterocycles. The molecule has 9 heteroatoms. The summed E-state index contributed by atoms with van der Waals surface area (Å²) in [4.78, 5) is 40.7. The fraction of sp³-hybridized carbons (Fsp3) is 0.121. The van der Waals surface area contributed by atoms with E-state index in [-0.39, 0.29) is 24.8 Å². The third kappa shape index (κ3) is 7.19. The van der Waals surface area contributed by atoms with Crippen LogP contribution in [-0.2, 0) is 24.3 Å². The molecule has 0 saturated heterocycles. The topological polar surface area (TPSA) is 100 Å². The average Bonchev–Trinajstić information content (AvgIpc) is 3.04. The predicted octanol–water partition coefficient (Wildman–Crippen LogP) is 5.43. The number of rotatable bonds is 12. The molecule has 0 unspecified atom stereocenters. The fourth-order valence-corrected chi connectivity index (χ4v) is 4.51. The Morgan fingerprint density at radius 3 is 2.29 bits per heavy atom. The van der Waals surface area contributed by atoms with Crippen molar-refractivity contribution < 1.29 is 14.0 Å². The highest BCUT2D eigenvalue weighted by molar-refractivity contribution is 6.02. The van der Waals surface area contributed by atoms with Crippen molar-refractivity contribution in [3.05, 3.63) is 138 Å². The highest BCUT2D eigenvalue weighted by Crippen LogP contribution is 2.32. The Morgan fingerprint density at radius 1 is 0.857 bits per heavy atom. The maximum absolute atomic E-state index is 13.7. The Bertz CT molecular complexity index is 1640. The minimum absolute atomic E-state index is 0.221. The summed E-state index contributed by atoms with van der Waals surface area (Å²) in [5.41, 5.74) is 4.43.